The van der Waals surface area contributed by atoms with Gasteiger partial charge in [0.15, 0.2) is 6.61 Å². The Labute approximate surface area is 159 Å². The fourth-order valence-corrected chi connectivity index (χ4v) is 2.32. The maximum absolute atomic E-state index is 11.8. The SMILES string of the molecule is N#Cc1ccc(CCC(=O)OCC(=O)Nc2ccc(Cl)cc2[N+](=O)[O-])cc1. The number of nitrogens with one attached hydrogen (secondary N) is 1. The van der Waals surface area contributed by atoms with Crippen LogP contribution in [0.25, 0.3) is 0 Å². The highest BCUT2D eigenvalue weighted by Gasteiger charge is 2.17. The molecule has 0 saturated heterocycles. The maximum Gasteiger partial charge on any atom is 0.306 e. The zero-order chi connectivity index (χ0) is 19.8. The van der Waals surface area contributed by atoms with Crippen LogP contribution in [0.2, 0.25) is 5.02 Å². The third-order valence-electron chi connectivity index (χ3n) is 3.50. The number of halogens is 1. The van der Waals surface area contributed by atoms with Crippen LogP contribution in [0, 0.1) is 21.4 Å². The summed E-state index contributed by atoms with van der Waals surface area (Å²) in [7, 11) is 0. The van der Waals surface area contributed by atoms with E-state index in [4.69, 9.17) is 21.6 Å². The van der Waals surface area contributed by atoms with Crippen LogP contribution >= 0.6 is 11.6 Å². The summed E-state index contributed by atoms with van der Waals surface area (Å²) in [5.41, 5.74) is 0.979. The average Bonchev–Trinajstić information content (AvgIpc) is 2.66. The standard InChI is InChI=1S/C18H14ClN3O5/c19-14-6-7-15(16(9-14)22(25)26)21-17(23)11-27-18(24)8-5-12-1-3-13(10-20)4-2-12/h1-4,6-7,9H,5,8,11H2,(H,21,23). The molecule has 0 aromatic heterocycles. The van der Waals surface area contributed by atoms with Crippen molar-refractivity contribution in [3.05, 3.63) is 68.7 Å². The molecule has 0 heterocycles. The molecule has 0 radical (unpaired) electrons. The van der Waals surface area contributed by atoms with Crippen molar-refractivity contribution in [2.24, 2.45) is 0 Å². The van der Waals surface area contributed by atoms with Gasteiger partial charge in [-0.25, -0.2) is 0 Å². The molecule has 0 aliphatic carbocycles. The van der Waals surface area contributed by atoms with Gasteiger partial charge in [0.1, 0.15) is 5.69 Å². The number of anilines is 1. The van der Waals surface area contributed by atoms with E-state index in [1.165, 1.54) is 12.1 Å². The molecule has 138 valence electrons. The van der Waals surface area contributed by atoms with Crippen LogP contribution in [0.1, 0.15) is 17.5 Å². The molecular formula is C18H14ClN3O5. The number of nitriles is 1. The molecular weight excluding hydrogens is 374 g/mol. The van der Waals surface area contributed by atoms with Crippen LogP contribution in [0.3, 0.4) is 0 Å². The first-order chi connectivity index (χ1) is 12.9. The normalized spacial score (nSPS) is 9.93. The number of hydrogen-bond donors (Lipinski definition) is 1. The number of nitro groups is 1. The van der Waals surface area contributed by atoms with Crippen LogP contribution in [0.5, 0.6) is 0 Å². The molecule has 0 aliphatic heterocycles. The van der Waals surface area contributed by atoms with Gasteiger partial charge >= 0.3 is 5.97 Å². The molecule has 1 N–H and O–H groups in total. The second kappa shape index (κ2) is 9.31. The summed E-state index contributed by atoms with van der Waals surface area (Å²) >= 11 is 5.70. The first kappa shape index (κ1) is 19.9. The van der Waals surface area contributed by atoms with Crippen molar-refractivity contribution in [2.45, 2.75) is 12.8 Å². The summed E-state index contributed by atoms with van der Waals surface area (Å²) in [6.45, 7) is -0.564. The van der Waals surface area contributed by atoms with Gasteiger partial charge in [0.2, 0.25) is 0 Å². The Balaban J connectivity index is 1.82. The van der Waals surface area contributed by atoms with Crippen LogP contribution in [0.15, 0.2) is 42.5 Å². The minimum absolute atomic E-state index is 0.0389. The van der Waals surface area contributed by atoms with Crippen LogP contribution in [-0.4, -0.2) is 23.4 Å². The van der Waals surface area contributed by atoms with E-state index in [0.717, 1.165) is 11.6 Å². The lowest BCUT2D eigenvalue weighted by molar-refractivity contribution is -0.383. The molecule has 1 amide bonds. The number of nitrogens with zero attached hydrogens (tertiary/aromatic N) is 2. The molecule has 0 fully saturated rings. The Morgan fingerprint density at radius 1 is 1.22 bits per heavy atom. The summed E-state index contributed by atoms with van der Waals surface area (Å²) in [6.07, 6.45) is 0.453. The second-order valence-electron chi connectivity index (χ2n) is 5.44. The number of ether oxygens (including phenoxy) is 1. The Bertz CT molecular complexity index is 906. The van der Waals surface area contributed by atoms with E-state index in [2.05, 4.69) is 5.32 Å². The maximum atomic E-state index is 11.8. The fraction of sp³-hybridized carbons (Fsp3) is 0.167. The van der Waals surface area contributed by atoms with Crippen molar-refractivity contribution in [1.29, 1.82) is 5.26 Å². The molecule has 0 unspecified atom stereocenters. The lowest BCUT2D eigenvalue weighted by atomic mass is 10.1. The van der Waals surface area contributed by atoms with Crippen molar-refractivity contribution in [2.75, 3.05) is 11.9 Å². The zero-order valence-electron chi connectivity index (χ0n) is 14.0. The average molecular weight is 388 g/mol. The topological polar surface area (TPSA) is 122 Å². The molecule has 8 nitrogen and oxygen atoms in total. The minimum atomic E-state index is -0.702. The van der Waals surface area contributed by atoms with Gasteiger partial charge in [-0.15, -0.1) is 0 Å². The predicted octanol–water partition coefficient (Wildman–Crippen LogP) is 3.23. The molecule has 0 saturated carbocycles. The molecule has 0 spiro atoms. The summed E-state index contributed by atoms with van der Waals surface area (Å²) in [4.78, 5) is 33.9. The van der Waals surface area contributed by atoms with Gasteiger partial charge in [-0.1, -0.05) is 23.7 Å². The molecule has 2 aromatic carbocycles. The van der Waals surface area contributed by atoms with E-state index in [9.17, 15) is 19.7 Å². The van der Waals surface area contributed by atoms with Gasteiger partial charge in [0.05, 0.1) is 16.6 Å². The number of esters is 1. The quantitative estimate of drug-likeness (QED) is 0.442. The van der Waals surface area contributed by atoms with Gasteiger partial charge in [0, 0.05) is 17.5 Å². The van der Waals surface area contributed by atoms with E-state index in [1.807, 2.05) is 6.07 Å². The van der Waals surface area contributed by atoms with Crippen LogP contribution in [-0.2, 0) is 20.7 Å². The summed E-state index contributed by atoms with van der Waals surface area (Å²) in [6, 6.07) is 12.6. The third kappa shape index (κ3) is 6.09. The van der Waals surface area contributed by atoms with Gasteiger partial charge in [-0.05, 0) is 36.2 Å². The first-order valence-electron chi connectivity index (χ1n) is 7.77. The van der Waals surface area contributed by atoms with Crippen molar-refractivity contribution >= 4 is 34.9 Å². The number of amides is 1. The zero-order valence-corrected chi connectivity index (χ0v) is 14.7. The molecule has 0 bridgehead atoms. The fourth-order valence-electron chi connectivity index (χ4n) is 2.16. The molecule has 0 aliphatic rings. The molecule has 0 atom stereocenters. The molecule has 2 aromatic rings. The van der Waals surface area contributed by atoms with E-state index in [1.54, 1.807) is 24.3 Å². The highest BCUT2D eigenvalue weighted by Crippen LogP contribution is 2.27. The van der Waals surface area contributed by atoms with Crippen LogP contribution in [0.4, 0.5) is 11.4 Å². The lowest BCUT2D eigenvalue weighted by Crippen LogP contribution is -2.21. The largest absolute Gasteiger partial charge is 0.456 e. The van der Waals surface area contributed by atoms with Crippen molar-refractivity contribution < 1.29 is 19.2 Å². The Morgan fingerprint density at radius 2 is 1.93 bits per heavy atom. The first-order valence-corrected chi connectivity index (χ1v) is 8.15. The Morgan fingerprint density at radius 3 is 2.56 bits per heavy atom. The van der Waals surface area contributed by atoms with Gasteiger partial charge < -0.3 is 10.1 Å². The van der Waals surface area contributed by atoms with E-state index < -0.39 is 23.4 Å². The van der Waals surface area contributed by atoms with Gasteiger partial charge in [-0.2, -0.15) is 5.26 Å². The number of carbonyl (C=O) groups excluding carboxylic acids is 2. The Hall–Kier alpha value is -3.44. The number of aryl methyl sites for hydroxylation is 1. The number of carbonyl (C=O) groups is 2. The van der Waals surface area contributed by atoms with Gasteiger partial charge in [-0.3, -0.25) is 19.7 Å². The van der Waals surface area contributed by atoms with Crippen molar-refractivity contribution in [3.63, 3.8) is 0 Å². The summed E-state index contributed by atoms with van der Waals surface area (Å²) < 4.78 is 4.87. The van der Waals surface area contributed by atoms with Crippen molar-refractivity contribution in [3.8, 4) is 6.07 Å². The third-order valence-corrected chi connectivity index (χ3v) is 3.73. The van der Waals surface area contributed by atoms with Crippen molar-refractivity contribution in [1.82, 2.24) is 0 Å². The molecule has 27 heavy (non-hydrogen) atoms. The highest BCUT2D eigenvalue weighted by molar-refractivity contribution is 6.31. The highest BCUT2D eigenvalue weighted by atomic mass is 35.5. The second-order valence-corrected chi connectivity index (χ2v) is 5.87. The van der Waals surface area contributed by atoms with E-state index >= 15 is 0 Å². The minimum Gasteiger partial charge on any atom is -0.456 e. The number of benzene rings is 2. The summed E-state index contributed by atoms with van der Waals surface area (Å²) in [5, 5.41) is 22.2. The smallest absolute Gasteiger partial charge is 0.306 e. The predicted molar refractivity (Wildman–Crippen MR) is 97.2 cm³/mol. The Kier molecular flexibility index (Phi) is 6.86. The van der Waals surface area contributed by atoms with Gasteiger partial charge in [0.25, 0.3) is 11.6 Å². The number of rotatable bonds is 7. The summed E-state index contributed by atoms with van der Waals surface area (Å²) in [5.74, 6) is -1.28. The molecule has 9 heteroatoms. The number of nitro benzene ring substituents is 1. The van der Waals surface area contributed by atoms with E-state index in [-0.39, 0.29) is 22.8 Å². The van der Waals surface area contributed by atoms with Crippen LogP contribution < -0.4 is 5.32 Å². The van der Waals surface area contributed by atoms with E-state index in [0.29, 0.717) is 12.0 Å². The monoisotopic (exact) mass is 387 g/mol. The lowest BCUT2D eigenvalue weighted by Gasteiger charge is -2.07. The number of hydrogen-bond acceptors (Lipinski definition) is 6. The molecule has 2 rings (SSSR count).